The van der Waals surface area contributed by atoms with Crippen LogP contribution in [0.4, 0.5) is 10.5 Å². The summed E-state index contributed by atoms with van der Waals surface area (Å²) in [4.78, 5) is 16.3. The van der Waals surface area contributed by atoms with Gasteiger partial charge in [-0.1, -0.05) is 6.92 Å². The van der Waals surface area contributed by atoms with Crippen LogP contribution < -0.4 is 20.1 Å². The largest absolute Gasteiger partial charge is 0.486 e. The molecule has 3 rings (SSSR count). The highest BCUT2D eigenvalue weighted by atomic mass is 16.6. The molecule has 0 saturated heterocycles. The fourth-order valence-corrected chi connectivity index (χ4v) is 2.59. The Morgan fingerprint density at radius 2 is 2.08 bits per heavy atom. The molecule has 1 aliphatic heterocycles. The van der Waals surface area contributed by atoms with E-state index in [4.69, 9.17) is 9.47 Å². The van der Waals surface area contributed by atoms with E-state index in [1.807, 2.05) is 30.7 Å². The molecule has 1 aromatic heterocycles. The number of aryl methyl sites for hydroxylation is 1. The topological polar surface area (TPSA) is 77.4 Å². The van der Waals surface area contributed by atoms with E-state index >= 15 is 0 Å². The number of hydrogen-bond acceptors (Lipinski definition) is 4. The van der Waals surface area contributed by atoms with Crippen molar-refractivity contribution in [2.75, 3.05) is 18.5 Å². The number of ether oxygens (including phenoxy) is 2. The fraction of sp³-hybridized carbons (Fsp3) is 0.412. The molecule has 128 valence electrons. The summed E-state index contributed by atoms with van der Waals surface area (Å²) in [6.45, 7) is 5.72. The molecule has 1 aliphatic rings. The second kappa shape index (κ2) is 7.25. The lowest BCUT2D eigenvalue weighted by atomic mass is 10.1. The molecule has 0 fully saturated rings. The number of carbonyl (C=O) groups excluding carboxylic acids is 1. The van der Waals surface area contributed by atoms with Gasteiger partial charge in [0.15, 0.2) is 11.5 Å². The summed E-state index contributed by atoms with van der Waals surface area (Å²) in [6.07, 6.45) is 6.18. The molecule has 0 spiro atoms. The van der Waals surface area contributed by atoms with Crippen LogP contribution in [0.5, 0.6) is 11.5 Å². The van der Waals surface area contributed by atoms with Gasteiger partial charge in [-0.3, -0.25) is 0 Å². The van der Waals surface area contributed by atoms with Crippen molar-refractivity contribution in [2.45, 2.75) is 32.9 Å². The van der Waals surface area contributed by atoms with Gasteiger partial charge in [-0.15, -0.1) is 0 Å². The number of aromatic nitrogens is 2. The Kier molecular flexibility index (Phi) is 4.88. The zero-order valence-corrected chi connectivity index (χ0v) is 13.9. The third kappa shape index (κ3) is 3.79. The highest BCUT2D eigenvalue weighted by molar-refractivity contribution is 5.90. The van der Waals surface area contributed by atoms with Crippen molar-refractivity contribution < 1.29 is 14.3 Å². The molecule has 0 bridgehead atoms. The van der Waals surface area contributed by atoms with Gasteiger partial charge in [-0.25, -0.2) is 9.78 Å². The van der Waals surface area contributed by atoms with Gasteiger partial charge in [0, 0.05) is 36.7 Å². The predicted octanol–water partition coefficient (Wildman–Crippen LogP) is 2.56. The smallest absolute Gasteiger partial charge is 0.319 e. The molecular weight excluding hydrogens is 308 g/mol. The summed E-state index contributed by atoms with van der Waals surface area (Å²) in [7, 11) is 0. The number of amides is 2. The quantitative estimate of drug-likeness (QED) is 0.883. The van der Waals surface area contributed by atoms with Crippen LogP contribution in [0, 0.1) is 6.92 Å². The molecule has 2 aromatic rings. The fourth-order valence-electron chi connectivity index (χ4n) is 2.59. The van der Waals surface area contributed by atoms with Gasteiger partial charge in [-0.05, 0) is 25.0 Å². The Morgan fingerprint density at radius 3 is 2.75 bits per heavy atom. The Morgan fingerprint density at radius 1 is 1.33 bits per heavy atom. The van der Waals surface area contributed by atoms with Gasteiger partial charge < -0.3 is 24.7 Å². The van der Waals surface area contributed by atoms with Crippen molar-refractivity contribution >= 4 is 11.7 Å². The summed E-state index contributed by atoms with van der Waals surface area (Å²) < 4.78 is 13.1. The molecule has 7 nitrogen and oxygen atoms in total. The molecule has 0 radical (unpaired) electrons. The molecule has 2 N–H and O–H groups in total. The number of rotatable bonds is 5. The molecule has 0 saturated carbocycles. The number of carbonyl (C=O) groups is 1. The molecule has 1 atom stereocenters. The molecule has 1 unspecified atom stereocenters. The average Bonchev–Trinajstić information content (AvgIpc) is 3.08. The summed E-state index contributed by atoms with van der Waals surface area (Å²) in [5.74, 6) is 1.38. The van der Waals surface area contributed by atoms with Crippen LogP contribution in [0.1, 0.15) is 18.9 Å². The van der Waals surface area contributed by atoms with Crippen molar-refractivity contribution in [3.63, 3.8) is 0 Å². The van der Waals surface area contributed by atoms with E-state index < -0.39 is 0 Å². The minimum absolute atomic E-state index is 0.0247. The van der Waals surface area contributed by atoms with Gasteiger partial charge in [0.05, 0.1) is 6.33 Å². The number of nitrogens with one attached hydrogen (secondary N) is 2. The number of fused-ring (bicyclic) bond motifs is 1. The Balaban J connectivity index is 1.63. The lowest BCUT2D eigenvalue weighted by Crippen LogP contribution is -2.40. The first-order valence-electron chi connectivity index (χ1n) is 8.09. The minimum atomic E-state index is -0.234. The average molecular weight is 330 g/mol. The Bertz CT molecular complexity index is 700. The molecular formula is C17H22N4O3. The summed E-state index contributed by atoms with van der Waals surface area (Å²) >= 11 is 0. The van der Waals surface area contributed by atoms with Crippen molar-refractivity contribution in [2.24, 2.45) is 0 Å². The van der Waals surface area contributed by atoms with Crippen LogP contribution in [0.25, 0.3) is 0 Å². The predicted molar refractivity (Wildman–Crippen MR) is 90.6 cm³/mol. The van der Waals surface area contributed by atoms with E-state index in [0.717, 1.165) is 17.7 Å². The van der Waals surface area contributed by atoms with E-state index in [0.29, 0.717) is 31.2 Å². The zero-order valence-electron chi connectivity index (χ0n) is 13.9. The molecule has 0 aliphatic carbocycles. The highest BCUT2D eigenvalue weighted by Crippen LogP contribution is 2.35. The first-order valence-corrected chi connectivity index (χ1v) is 8.09. The van der Waals surface area contributed by atoms with Crippen molar-refractivity contribution in [3.8, 4) is 11.5 Å². The first-order chi connectivity index (χ1) is 11.7. The van der Waals surface area contributed by atoms with E-state index in [2.05, 4.69) is 15.6 Å². The van der Waals surface area contributed by atoms with Gasteiger partial charge in [0.1, 0.15) is 13.2 Å². The Labute approximate surface area is 141 Å². The normalized spacial score (nSPS) is 14.1. The number of hydrogen-bond donors (Lipinski definition) is 2. The second-order valence-electron chi connectivity index (χ2n) is 5.77. The standard InChI is InChI=1S/C17H22N4O3/c1-3-13(10-21-5-4-18-11-21)19-17(22)20-14-9-16-15(8-12(14)2)23-6-7-24-16/h4-5,8-9,11,13H,3,6-7,10H2,1-2H3,(H2,19,20,22). The van der Waals surface area contributed by atoms with Crippen molar-refractivity contribution in [1.82, 2.24) is 14.9 Å². The number of imidazole rings is 1. The summed E-state index contributed by atoms with van der Waals surface area (Å²) in [5.41, 5.74) is 1.64. The molecule has 2 amide bonds. The van der Waals surface area contributed by atoms with Gasteiger partial charge in [0.25, 0.3) is 0 Å². The third-order valence-corrected chi connectivity index (χ3v) is 3.96. The van der Waals surface area contributed by atoms with Crippen molar-refractivity contribution in [3.05, 3.63) is 36.4 Å². The highest BCUT2D eigenvalue weighted by Gasteiger charge is 2.16. The van der Waals surface area contributed by atoms with E-state index in [1.165, 1.54) is 0 Å². The maximum Gasteiger partial charge on any atom is 0.319 e. The first kappa shape index (κ1) is 16.2. The van der Waals surface area contributed by atoms with Crippen LogP contribution in [-0.2, 0) is 6.54 Å². The summed E-state index contributed by atoms with van der Waals surface area (Å²) in [5, 5.41) is 5.88. The van der Waals surface area contributed by atoms with E-state index in [9.17, 15) is 4.79 Å². The number of anilines is 1. The number of benzene rings is 1. The van der Waals surface area contributed by atoms with Crippen LogP contribution in [0.3, 0.4) is 0 Å². The van der Waals surface area contributed by atoms with Crippen LogP contribution in [0.15, 0.2) is 30.9 Å². The van der Waals surface area contributed by atoms with E-state index in [1.54, 1.807) is 18.6 Å². The van der Waals surface area contributed by atoms with Gasteiger partial charge in [0.2, 0.25) is 0 Å². The van der Waals surface area contributed by atoms with E-state index in [-0.39, 0.29) is 12.1 Å². The lowest BCUT2D eigenvalue weighted by molar-refractivity contribution is 0.171. The maximum atomic E-state index is 12.3. The number of nitrogens with zero attached hydrogens (tertiary/aromatic N) is 2. The zero-order chi connectivity index (χ0) is 16.9. The number of urea groups is 1. The van der Waals surface area contributed by atoms with Gasteiger partial charge >= 0.3 is 6.03 Å². The van der Waals surface area contributed by atoms with Crippen molar-refractivity contribution in [1.29, 1.82) is 0 Å². The monoisotopic (exact) mass is 330 g/mol. The summed E-state index contributed by atoms with van der Waals surface area (Å²) in [6, 6.07) is 3.48. The molecule has 2 heterocycles. The third-order valence-electron chi connectivity index (χ3n) is 3.96. The molecule has 24 heavy (non-hydrogen) atoms. The lowest BCUT2D eigenvalue weighted by Gasteiger charge is -2.21. The second-order valence-corrected chi connectivity index (χ2v) is 5.77. The minimum Gasteiger partial charge on any atom is -0.486 e. The maximum absolute atomic E-state index is 12.3. The van der Waals surface area contributed by atoms with Crippen LogP contribution in [0.2, 0.25) is 0 Å². The molecule has 7 heteroatoms. The van der Waals surface area contributed by atoms with Crippen LogP contribution >= 0.6 is 0 Å². The Hall–Kier alpha value is -2.70. The molecule has 1 aromatic carbocycles. The SMILES string of the molecule is CCC(Cn1ccnc1)NC(=O)Nc1cc2c(cc1C)OCCO2. The van der Waals surface area contributed by atoms with Gasteiger partial charge in [-0.2, -0.15) is 0 Å². The van der Waals surface area contributed by atoms with Crippen LogP contribution in [-0.4, -0.2) is 34.8 Å².